The molecule has 0 spiro atoms. The third-order valence-electron chi connectivity index (χ3n) is 9.19. The number of allylic oxidation sites excluding steroid dienone is 2. The van der Waals surface area contributed by atoms with Crippen molar-refractivity contribution in [1.29, 1.82) is 0 Å². The van der Waals surface area contributed by atoms with E-state index in [1.165, 1.54) is 30.9 Å². The van der Waals surface area contributed by atoms with E-state index in [1.54, 1.807) is 46.9 Å². The Balaban J connectivity index is 0.000000152. The number of halogens is 1. The number of carboxylic acid groups (broad SMARTS) is 1. The van der Waals surface area contributed by atoms with E-state index in [9.17, 15) is 28.4 Å². The van der Waals surface area contributed by atoms with Crippen LogP contribution in [-0.4, -0.2) is 106 Å². The fourth-order valence-corrected chi connectivity index (χ4v) is 7.55. The second-order valence-electron chi connectivity index (χ2n) is 12.8. The van der Waals surface area contributed by atoms with Crippen LogP contribution in [0.1, 0.15) is 36.3 Å². The largest absolute Gasteiger partial charge is 0.481 e. The van der Waals surface area contributed by atoms with E-state index in [4.69, 9.17) is 30.2 Å². The number of aliphatic hydroxyl groups excluding tert-OH is 3. The average molecular weight is 808 g/mol. The van der Waals surface area contributed by atoms with Crippen LogP contribution in [-0.2, 0) is 34.6 Å². The van der Waals surface area contributed by atoms with Gasteiger partial charge in [-0.3, -0.25) is 13.6 Å². The molecule has 2 unspecified atom stereocenters. The average Bonchev–Trinajstić information content (AvgIpc) is 3.91. The number of nitrogen functional groups attached to an aromatic ring is 1. The number of benzene rings is 2. The normalized spacial score (nSPS) is 23.7. The van der Waals surface area contributed by atoms with E-state index >= 15 is 0 Å². The SMILES string of the molecule is CC1=C(CC(=O)O)c2cc(F)ccc2/C1=C\c1ccc(S(C)=O)cc1.CSC[C@H]1O[C@@H](n2cnc3c(N)ncnc32)[C@H](O)[C@@H]1O.O=C1C=C2C(=CCOC2O)O1. The van der Waals surface area contributed by atoms with Crippen LogP contribution in [0.3, 0.4) is 0 Å². The molecule has 3 aliphatic heterocycles. The third kappa shape index (κ3) is 8.66. The van der Waals surface area contributed by atoms with Gasteiger partial charge in [-0.2, -0.15) is 11.8 Å². The van der Waals surface area contributed by atoms with E-state index in [0.717, 1.165) is 27.2 Å². The minimum absolute atomic E-state index is 0.145. The number of esters is 1. The van der Waals surface area contributed by atoms with Crippen LogP contribution in [0.25, 0.3) is 28.4 Å². The van der Waals surface area contributed by atoms with Gasteiger partial charge in [-0.25, -0.2) is 24.1 Å². The lowest BCUT2D eigenvalue weighted by Gasteiger charge is -2.16. The molecule has 18 heteroatoms. The molecule has 2 aromatic heterocycles. The molecular weight excluding hydrogens is 770 g/mol. The number of hydrogen-bond acceptors (Lipinski definition) is 14. The van der Waals surface area contributed by atoms with Crippen LogP contribution in [0.5, 0.6) is 0 Å². The monoisotopic (exact) mass is 807 g/mol. The molecule has 4 aromatic rings. The van der Waals surface area contributed by atoms with E-state index in [-0.39, 0.29) is 24.7 Å². The molecule has 294 valence electrons. The fourth-order valence-electron chi connectivity index (χ4n) is 6.42. The maximum Gasteiger partial charge on any atom is 0.336 e. The summed E-state index contributed by atoms with van der Waals surface area (Å²) in [7, 11) is -1.04. The van der Waals surface area contributed by atoms with Gasteiger partial charge in [0, 0.05) is 33.8 Å². The smallest absolute Gasteiger partial charge is 0.336 e. The van der Waals surface area contributed by atoms with Crippen LogP contribution in [0.15, 0.2) is 89.1 Å². The molecule has 0 saturated carbocycles. The zero-order valence-corrected chi connectivity index (χ0v) is 31.9. The Morgan fingerprint density at radius 3 is 2.54 bits per heavy atom. The highest BCUT2D eigenvalue weighted by Crippen LogP contribution is 2.44. The number of aliphatic hydroxyl groups is 3. The molecule has 6 N–H and O–H groups in total. The van der Waals surface area contributed by atoms with Crippen molar-refractivity contribution in [2.24, 2.45) is 0 Å². The summed E-state index contributed by atoms with van der Waals surface area (Å²) >= 11 is 1.54. The molecule has 2 aromatic carbocycles. The number of thioether (sulfide) groups is 1. The molecule has 6 atom stereocenters. The van der Waals surface area contributed by atoms with Gasteiger partial charge in [0.05, 0.1) is 31.0 Å². The molecule has 5 heterocycles. The summed E-state index contributed by atoms with van der Waals surface area (Å²) in [5, 5.41) is 38.5. The van der Waals surface area contributed by atoms with Gasteiger partial charge >= 0.3 is 11.9 Å². The highest BCUT2D eigenvalue weighted by Gasteiger charge is 2.44. The molecule has 0 bridgehead atoms. The van der Waals surface area contributed by atoms with Crippen molar-refractivity contribution in [1.82, 2.24) is 19.5 Å². The number of aliphatic carboxylic acids is 1. The minimum atomic E-state index is -1.04. The van der Waals surface area contributed by atoms with Crippen molar-refractivity contribution < 1.29 is 52.8 Å². The molecule has 1 fully saturated rings. The number of ether oxygens (including phenoxy) is 3. The zero-order chi connectivity index (χ0) is 40.3. The van der Waals surface area contributed by atoms with Crippen molar-refractivity contribution in [2.75, 3.05) is 30.6 Å². The molecular formula is C38H38FN5O10S2. The lowest BCUT2D eigenvalue weighted by atomic mass is 10.0. The quantitative estimate of drug-likeness (QED) is 0.169. The number of carboxylic acids is 1. The minimum Gasteiger partial charge on any atom is -0.481 e. The number of aromatic nitrogens is 4. The summed E-state index contributed by atoms with van der Waals surface area (Å²) in [4.78, 5) is 34.7. The number of nitrogens with two attached hydrogens (primary N) is 1. The summed E-state index contributed by atoms with van der Waals surface area (Å²) in [5.74, 6) is -0.489. The van der Waals surface area contributed by atoms with Crippen molar-refractivity contribution in [3.05, 3.63) is 107 Å². The predicted molar refractivity (Wildman–Crippen MR) is 206 cm³/mol. The van der Waals surface area contributed by atoms with Gasteiger partial charge in [-0.1, -0.05) is 18.2 Å². The van der Waals surface area contributed by atoms with Gasteiger partial charge in [-0.05, 0) is 83.0 Å². The van der Waals surface area contributed by atoms with Gasteiger partial charge in [0.15, 0.2) is 24.0 Å². The molecule has 4 aliphatic rings. The van der Waals surface area contributed by atoms with Crippen LogP contribution in [0.2, 0.25) is 0 Å². The first-order valence-corrected chi connectivity index (χ1v) is 20.0. The lowest BCUT2D eigenvalue weighted by molar-refractivity contribution is -0.136. The molecule has 56 heavy (non-hydrogen) atoms. The van der Waals surface area contributed by atoms with E-state index < -0.39 is 53.6 Å². The number of carbonyl (C=O) groups excluding carboxylic acids is 1. The standard InChI is InChI=1S/C20H17FO3S.C11H15N5O3S.C7H6O4/c1-12-17(9-13-3-6-15(7-4-13)25(2)24)16-8-5-14(21)10-19(16)18(12)11-20(22)23;1-20-2-5-7(17)8(18)11(19-5)16-4-15-6-9(12)13-3-14-10(6)16;8-6-3-4-5(11-6)1-2-10-7(4)9/h3-10H,11H2,1-2H3,(H,22,23);3-5,7-8,11,17-18H,2H2,1H3,(H2,12,13,14);1,3,7,9H,2H2/b17-9-;;/t;5-,7-,8-,11-;/m.1./s1. The Kier molecular flexibility index (Phi) is 12.6. The summed E-state index contributed by atoms with van der Waals surface area (Å²) in [5.41, 5.74) is 11.8. The van der Waals surface area contributed by atoms with Crippen LogP contribution in [0.4, 0.5) is 10.2 Å². The zero-order valence-electron chi connectivity index (χ0n) is 30.2. The number of hydrogen-bond donors (Lipinski definition) is 5. The number of carbonyl (C=O) groups is 2. The first-order chi connectivity index (χ1) is 26.8. The molecule has 8 rings (SSSR count). The Bertz CT molecular complexity index is 2310. The Labute approximate surface area is 326 Å². The van der Waals surface area contributed by atoms with Gasteiger partial charge < -0.3 is 40.4 Å². The van der Waals surface area contributed by atoms with Crippen molar-refractivity contribution in [2.45, 2.75) is 49.1 Å². The maximum absolute atomic E-state index is 13.7. The first kappa shape index (κ1) is 40.6. The lowest BCUT2D eigenvalue weighted by Crippen LogP contribution is -2.32. The number of rotatable bonds is 7. The summed E-state index contributed by atoms with van der Waals surface area (Å²) < 4.78 is 42.0. The summed E-state index contributed by atoms with van der Waals surface area (Å²) in [6, 6.07) is 11.8. The van der Waals surface area contributed by atoms with E-state index in [1.807, 2.05) is 31.4 Å². The fraction of sp³-hybridized carbons (Fsp3) is 0.289. The highest BCUT2D eigenvalue weighted by atomic mass is 32.2. The second-order valence-corrected chi connectivity index (χ2v) is 15.1. The van der Waals surface area contributed by atoms with Gasteiger partial charge in [0.2, 0.25) is 0 Å². The number of anilines is 1. The molecule has 0 radical (unpaired) electrons. The van der Waals surface area contributed by atoms with E-state index in [0.29, 0.717) is 39.4 Å². The molecule has 1 aliphatic carbocycles. The Morgan fingerprint density at radius 1 is 1.11 bits per heavy atom. The summed E-state index contributed by atoms with van der Waals surface area (Å²) in [6.07, 6.45) is 6.84. The molecule has 0 amide bonds. The van der Waals surface area contributed by atoms with Crippen molar-refractivity contribution in [3.63, 3.8) is 0 Å². The number of nitrogens with zero attached hydrogens (tertiary/aromatic N) is 4. The van der Waals surface area contributed by atoms with Gasteiger partial charge in [0.1, 0.15) is 35.6 Å². The van der Waals surface area contributed by atoms with Gasteiger partial charge in [-0.15, -0.1) is 0 Å². The Morgan fingerprint density at radius 2 is 1.86 bits per heavy atom. The van der Waals surface area contributed by atoms with Crippen molar-refractivity contribution in [3.8, 4) is 0 Å². The van der Waals surface area contributed by atoms with E-state index in [2.05, 4.69) is 15.0 Å². The van der Waals surface area contributed by atoms with Gasteiger partial charge in [0.25, 0.3) is 0 Å². The van der Waals surface area contributed by atoms with Crippen LogP contribution in [0, 0.1) is 5.82 Å². The molecule has 1 saturated heterocycles. The third-order valence-corrected chi connectivity index (χ3v) is 10.8. The summed E-state index contributed by atoms with van der Waals surface area (Å²) in [6.45, 7) is 2.14. The first-order valence-electron chi connectivity index (χ1n) is 17.0. The maximum atomic E-state index is 13.7. The topological polar surface area (TPSA) is 229 Å². The number of imidazole rings is 1. The molecule has 15 nitrogen and oxygen atoms in total. The predicted octanol–water partition coefficient (Wildman–Crippen LogP) is 3.46. The second kappa shape index (κ2) is 17.4. The van der Waals surface area contributed by atoms with Crippen LogP contribution >= 0.6 is 11.8 Å². The highest BCUT2D eigenvalue weighted by molar-refractivity contribution is 7.98. The van der Waals surface area contributed by atoms with Crippen LogP contribution < -0.4 is 5.73 Å². The number of fused-ring (bicyclic) bond motifs is 3. The van der Waals surface area contributed by atoms with Crippen molar-refractivity contribution >= 4 is 68.7 Å². The Hall–Kier alpha value is -5.08.